The molecule has 0 aromatic carbocycles. The van der Waals surface area contributed by atoms with Crippen LogP contribution < -0.4 is 18.9 Å². The normalized spacial score (nSPS) is 1.20. The van der Waals surface area contributed by atoms with Gasteiger partial charge in [0.1, 0.15) is 0 Å². The van der Waals surface area contributed by atoms with Crippen molar-refractivity contribution >= 4 is 0 Å². The van der Waals surface area contributed by atoms with Gasteiger partial charge in [-0.15, -0.1) is 0 Å². The van der Waals surface area contributed by atoms with Gasteiger partial charge in [0, 0.05) is 33.6 Å². The van der Waals surface area contributed by atoms with E-state index in [-0.39, 0.29) is 53.8 Å². The van der Waals surface area contributed by atoms with Crippen molar-refractivity contribution in [2.45, 2.75) is 0 Å². The van der Waals surface area contributed by atoms with Gasteiger partial charge in [0.15, 0.2) is 0 Å². The van der Waals surface area contributed by atoms with Crippen molar-refractivity contribution in [2.75, 3.05) is 0 Å². The third-order valence-electron chi connectivity index (χ3n) is 0. The van der Waals surface area contributed by atoms with Gasteiger partial charge < -0.3 is 1.43 Å². The van der Waals surface area contributed by atoms with E-state index in [9.17, 15) is 0 Å². The van der Waals surface area contributed by atoms with Gasteiger partial charge in [0.2, 0.25) is 0 Å². The first kappa shape index (κ1) is 28.5. The molecule has 0 aliphatic heterocycles. The van der Waals surface area contributed by atoms with Crippen molar-refractivity contribution in [3.63, 3.8) is 0 Å². The molecule has 0 atom stereocenters. The second kappa shape index (κ2) is 39.2. The summed E-state index contributed by atoms with van der Waals surface area (Å²) >= 11 is 2.62. The van der Waals surface area contributed by atoms with Gasteiger partial charge in [-0.25, -0.2) is 0 Å². The molecule has 35 valence electrons. The minimum atomic E-state index is 0. The third kappa shape index (κ3) is 24.8. The molecule has 0 heterocycles. The predicted octanol–water partition coefficient (Wildman–Crippen LogP) is -3.01. The van der Waals surface area contributed by atoms with Crippen LogP contribution in [0.3, 0.4) is 0 Å². The van der Waals surface area contributed by atoms with Crippen molar-refractivity contribution in [1.29, 1.82) is 0 Å². The van der Waals surface area contributed by atoms with Crippen LogP contribution in [0.5, 0.6) is 0 Å². The molecule has 0 spiro atoms. The second-order valence-corrected chi connectivity index (χ2v) is 0. The Morgan fingerprint density at radius 3 is 1.40 bits per heavy atom. The SMILES string of the molecule is [H-].[Li+].[Mn].[Ni].[O]=[Ni]. The van der Waals surface area contributed by atoms with Crippen molar-refractivity contribution in [3.05, 3.63) is 0 Å². The molecule has 0 aliphatic carbocycles. The quantitative estimate of drug-likeness (QED) is 0.377. The van der Waals surface area contributed by atoms with E-state index in [4.69, 9.17) is 3.90 Å². The summed E-state index contributed by atoms with van der Waals surface area (Å²) < 4.78 is 7.88. The molecule has 0 unspecified atom stereocenters. The van der Waals surface area contributed by atoms with Crippen LogP contribution in [0, 0.1) is 0 Å². The first-order valence-corrected chi connectivity index (χ1v) is 0.532. The van der Waals surface area contributed by atoms with Gasteiger partial charge in [-0.3, -0.25) is 0 Å². The molecule has 0 bridgehead atoms. The summed E-state index contributed by atoms with van der Waals surface area (Å²) in [4.78, 5) is 0. The van der Waals surface area contributed by atoms with Crippen LogP contribution in [0.4, 0.5) is 0 Å². The molecular weight excluding hydrogens is 195 g/mol. The van der Waals surface area contributed by atoms with E-state index in [1.54, 1.807) is 0 Å². The average Bonchev–Trinajstić information content (AvgIpc) is 1.00. The molecule has 0 aromatic heterocycles. The van der Waals surface area contributed by atoms with Gasteiger partial charge in [0.05, 0.1) is 0 Å². The molecule has 5 heteroatoms. The summed E-state index contributed by atoms with van der Waals surface area (Å²) in [5.74, 6) is 0. The summed E-state index contributed by atoms with van der Waals surface area (Å²) in [6.45, 7) is 0. The topological polar surface area (TPSA) is 17.1 Å². The Morgan fingerprint density at radius 2 is 1.40 bits per heavy atom. The van der Waals surface area contributed by atoms with E-state index in [1.807, 2.05) is 0 Å². The Labute approximate surface area is 72.6 Å². The molecule has 5 heavy (non-hydrogen) atoms. The summed E-state index contributed by atoms with van der Waals surface area (Å²) in [6.07, 6.45) is 0. The first-order chi connectivity index (χ1) is 1.00. The monoisotopic (exact) mass is 195 g/mol. The Hall–Kier alpha value is 1.90. The molecule has 0 saturated heterocycles. The van der Waals surface area contributed by atoms with Crippen LogP contribution in [0.2, 0.25) is 0 Å². The van der Waals surface area contributed by atoms with Crippen LogP contribution >= 0.6 is 0 Å². The fourth-order valence-electron chi connectivity index (χ4n) is 0. The van der Waals surface area contributed by atoms with Gasteiger partial charge in [0.25, 0.3) is 0 Å². The summed E-state index contributed by atoms with van der Waals surface area (Å²) in [6, 6.07) is 0. The van der Waals surface area contributed by atoms with E-state index < -0.39 is 0 Å². The fraction of sp³-hybridized carbons (Fsp3) is 0. The van der Waals surface area contributed by atoms with E-state index in [1.165, 1.54) is 0 Å². The summed E-state index contributed by atoms with van der Waals surface area (Å²) in [7, 11) is 0. The molecule has 1 radical (unpaired) electrons. The zero-order valence-electron chi connectivity index (χ0n) is 3.42. The van der Waals surface area contributed by atoms with E-state index >= 15 is 0 Å². The van der Waals surface area contributed by atoms with Crippen molar-refractivity contribution < 1.29 is 73.1 Å². The van der Waals surface area contributed by atoms with Crippen LogP contribution in [0.15, 0.2) is 0 Å². The number of hydrogen-bond donors (Lipinski definition) is 0. The molecule has 0 aliphatic rings. The van der Waals surface area contributed by atoms with Gasteiger partial charge in [-0.2, -0.15) is 0 Å². The van der Waals surface area contributed by atoms with Gasteiger partial charge >= 0.3 is 38.1 Å². The minimum absolute atomic E-state index is 0. The maximum atomic E-state index is 7.88. The Morgan fingerprint density at radius 1 is 1.40 bits per heavy atom. The van der Waals surface area contributed by atoms with Gasteiger partial charge in [-0.1, -0.05) is 0 Å². The van der Waals surface area contributed by atoms with E-state index in [0.29, 0.717) is 0 Å². The molecule has 1 nitrogen and oxygen atoms in total. The van der Waals surface area contributed by atoms with Crippen LogP contribution in [-0.2, 0) is 52.8 Å². The molecular formula is HLiMnNi2O. The molecule has 0 N–H and O–H groups in total. The Kier molecular flexibility index (Phi) is 224. The zero-order chi connectivity index (χ0) is 2.00. The standard InChI is InChI=1S/Li.Mn.2Ni.O.H/q+1;;;;;-1. The third-order valence-corrected chi connectivity index (χ3v) is 0. The van der Waals surface area contributed by atoms with Crippen molar-refractivity contribution in [3.8, 4) is 0 Å². The molecule has 0 saturated carbocycles. The zero-order valence-corrected chi connectivity index (χ0v) is 5.57. The molecule has 0 fully saturated rings. The average molecular weight is 196 g/mol. The Bertz CT molecular complexity index is 13.5. The number of rotatable bonds is 0. The van der Waals surface area contributed by atoms with E-state index in [2.05, 4.69) is 15.4 Å². The second-order valence-electron chi connectivity index (χ2n) is 0. The Balaban J connectivity index is -0.000000000833. The predicted molar refractivity (Wildman–Crippen MR) is 1.80 cm³/mol. The fourth-order valence-corrected chi connectivity index (χ4v) is 0. The molecule has 0 aromatic rings. The summed E-state index contributed by atoms with van der Waals surface area (Å²) in [5, 5.41) is 0. The number of hydrogen-bond acceptors (Lipinski definition) is 1. The van der Waals surface area contributed by atoms with Gasteiger partial charge in [-0.05, 0) is 0 Å². The molecule has 0 rings (SSSR count). The van der Waals surface area contributed by atoms with Crippen LogP contribution in [-0.4, -0.2) is 0 Å². The van der Waals surface area contributed by atoms with Crippen LogP contribution in [0.1, 0.15) is 1.43 Å². The summed E-state index contributed by atoms with van der Waals surface area (Å²) in [5.41, 5.74) is 0. The first-order valence-electron chi connectivity index (χ1n) is 0.129. The van der Waals surface area contributed by atoms with Crippen LogP contribution in [0.25, 0.3) is 0 Å². The van der Waals surface area contributed by atoms with E-state index in [0.717, 1.165) is 0 Å². The molecule has 0 amide bonds. The maximum absolute atomic E-state index is 7.88. The van der Waals surface area contributed by atoms with Crippen molar-refractivity contribution in [2.24, 2.45) is 0 Å². The van der Waals surface area contributed by atoms with Crippen molar-refractivity contribution in [1.82, 2.24) is 0 Å².